The van der Waals surface area contributed by atoms with Gasteiger partial charge in [-0.2, -0.15) is 8.78 Å². The van der Waals surface area contributed by atoms with Crippen molar-refractivity contribution in [3.8, 4) is 5.75 Å². The first-order valence-corrected chi connectivity index (χ1v) is 7.01. The molecule has 6 heteroatoms. The fourth-order valence-electron chi connectivity index (χ4n) is 2.38. The minimum atomic E-state index is -2.86. The molecule has 1 heterocycles. The van der Waals surface area contributed by atoms with E-state index in [1.165, 1.54) is 24.3 Å². The van der Waals surface area contributed by atoms with Gasteiger partial charge in [0.1, 0.15) is 5.75 Å². The molecule has 1 aromatic heterocycles. The number of alkyl halides is 2. The summed E-state index contributed by atoms with van der Waals surface area (Å²) in [6.07, 6.45) is 2.03. The average molecular weight is 316 g/mol. The van der Waals surface area contributed by atoms with E-state index in [9.17, 15) is 13.6 Å². The van der Waals surface area contributed by atoms with Gasteiger partial charge in [0.15, 0.2) is 0 Å². The van der Waals surface area contributed by atoms with Gasteiger partial charge in [0.05, 0.1) is 6.42 Å². The number of para-hydroxylation sites is 1. The molecule has 23 heavy (non-hydrogen) atoms. The van der Waals surface area contributed by atoms with Crippen molar-refractivity contribution < 1.29 is 18.3 Å². The molecule has 0 saturated heterocycles. The van der Waals surface area contributed by atoms with Crippen LogP contribution < -0.4 is 10.1 Å². The number of amides is 1. The molecule has 2 N–H and O–H groups in total. The fraction of sp³-hybridized carbons (Fsp3) is 0.118. The van der Waals surface area contributed by atoms with E-state index < -0.39 is 6.61 Å². The highest BCUT2D eigenvalue weighted by Crippen LogP contribution is 2.20. The van der Waals surface area contributed by atoms with Gasteiger partial charge in [-0.1, -0.05) is 18.2 Å². The second-order valence-corrected chi connectivity index (χ2v) is 4.99. The summed E-state index contributed by atoms with van der Waals surface area (Å²) in [5.74, 6) is -0.132. The number of aromatic nitrogens is 1. The monoisotopic (exact) mass is 316 g/mol. The maximum atomic E-state index is 12.1. The van der Waals surface area contributed by atoms with E-state index >= 15 is 0 Å². The summed E-state index contributed by atoms with van der Waals surface area (Å²) in [5, 5.41) is 3.73. The van der Waals surface area contributed by atoms with Gasteiger partial charge in [0, 0.05) is 22.8 Å². The molecule has 3 aromatic rings. The number of aromatic amines is 1. The molecular formula is C17H14F2N2O2. The summed E-state index contributed by atoms with van der Waals surface area (Å²) < 4.78 is 28.4. The Balaban J connectivity index is 1.65. The van der Waals surface area contributed by atoms with Crippen LogP contribution in [0, 0.1) is 0 Å². The summed E-state index contributed by atoms with van der Waals surface area (Å²) in [6, 6.07) is 13.5. The number of anilines is 1. The van der Waals surface area contributed by atoms with Crippen LogP contribution >= 0.6 is 0 Å². The number of rotatable bonds is 5. The van der Waals surface area contributed by atoms with E-state index in [-0.39, 0.29) is 18.1 Å². The second-order valence-electron chi connectivity index (χ2n) is 4.99. The molecule has 0 saturated carbocycles. The second kappa shape index (κ2) is 6.48. The zero-order valence-electron chi connectivity index (χ0n) is 12.1. The average Bonchev–Trinajstić information content (AvgIpc) is 2.92. The number of fused-ring (bicyclic) bond motifs is 1. The van der Waals surface area contributed by atoms with Crippen molar-refractivity contribution in [1.82, 2.24) is 4.98 Å². The number of halogens is 2. The van der Waals surface area contributed by atoms with Gasteiger partial charge in [0.25, 0.3) is 0 Å². The standard InChI is InChI=1S/C17H14F2N2O2/c18-17(19)23-13-7-5-12(6-8-13)21-16(22)9-11-10-20-15-4-2-1-3-14(11)15/h1-8,10,17,20H,9H2,(H,21,22). The number of carbonyl (C=O) groups is 1. The van der Waals surface area contributed by atoms with Gasteiger partial charge in [-0.05, 0) is 35.9 Å². The van der Waals surface area contributed by atoms with Crippen molar-refractivity contribution in [2.45, 2.75) is 13.0 Å². The highest BCUT2D eigenvalue weighted by atomic mass is 19.3. The first-order chi connectivity index (χ1) is 11.1. The van der Waals surface area contributed by atoms with E-state index in [0.717, 1.165) is 16.5 Å². The Morgan fingerprint density at radius 1 is 1.13 bits per heavy atom. The Kier molecular flexibility index (Phi) is 4.23. The van der Waals surface area contributed by atoms with E-state index in [1.807, 2.05) is 30.5 Å². The van der Waals surface area contributed by atoms with E-state index in [2.05, 4.69) is 15.0 Å². The number of H-pyrrole nitrogens is 1. The lowest BCUT2D eigenvalue weighted by Crippen LogP contribution is -2.14. The first-order valence-electron chi connectivity index (χ1n) is 7.01. The third-order valence-corrected chi connectivity index (χ3v) is 3.39. The number of ether oxygens (including phenoxy) is 1. The molecule has 0 aliphatic carbocycles. The van der Waals surface area contributed by atoms with E-state index in [0.29, 0.717) is 5.69 Å². The van der Waals surface area contributed by atoms with Crippen molar-refractivity contribution in [3.63, 3.8) is 0 Å². The zero-order chi connectivity index (χ0) is 16.2. The van der Waals surface area contributed by atoms with Gasteiger partial charge in [-0.25, -0.2) is 0 Å². The molecule has 0 atom stereocenters. The molecule has 0 bridgehead atoms. The molecule has 0 radical (unpaired) electrons. The van der Waals surface area contributed by atoms with Crippen LogP contribution in [0.3, 0.4) is 0 Å². The normalized spacial score (nSPS) is 10.9. The van der Waals surface area contributed by atoms with E-state index in [4.69, 9.17) is 0 Å². The third-order valence-electron chi connectivity index (χ3n) is 3.39. The Hall–Kier alpha value is -2.89. The van der Waals surface area contributed by atoms with Crippen LogP contribution in [0.1, 0.15) is 5.56 Å². The smallest absolute Gasteiger partial charge is 0.387 e. The molecule has 0 unspecified atom stereocenters. The molecule has 4 nitrogen and oxygen atoms in total. The molecular weight excluding hydrogens is 302 g/mol. The molecule has 0 spiro atoms. The summed E-state index contributed by atoms with van der Waals surface area (Å²) in [4.78, 5) is 15.2. The minimum absolute atomic E-state index is 0.0506. The summed E-state index contributed by atoms with van der Waals surface area (Å²) in [7, 11) is 0. The fourth-order valence-corrected chi connectivity index (χ4v) is 2.38. The van der Waals surface area contributed by atoms with Gasteiger partial charge >= 0.3 is 6.61 Å². The predicted octanol–water partition coefficient (Wildman–Crippen LogP) is 3.95. The van der Waals surface area contributed by atoms with Crippen LogP contribution in [-0.2, 0) is 11.2 Å². The van der Waals surface area contributed by atoms with Gasteiger partial charge < -0.3 is 15.0 Å². The summed E-state index contributed by atoms with van der Waals surface area (Å²) in [5.41, 5.74) is 2.40. The first kappa shape index (κ1) is 15.0. The van der Waals surface area contributed by atoms with Crippen molar-refractivity contribution in [3.05, 3.63) is 60.3 Å². The Bertz CT molecular complexity index is 813. The Morgan fingerprint density at radius 3 is 2.61 bits per heavy atom. The van der Waals surface area contributed by atoms with Crippen LogP contribution in [0.25, 0.3) is 10.9 Å². The lowest BCUT2D eigenvalue weighted by atomic mass is 10.1. The van der Waals surface area contributed by atoms with Gasteiger partial charge in [0.2, 0.25) is 5.91 Å². The van der Waals surface area contributed by atoms with Crippen molar-refractivity contribution in [2.75, 3.05) is 5.32 Å². The number of hydrogen-bond acceptors (Lipinski definition) is 2. The number of nitrogens with one attached hydrogen (secondary N) is 2. The highest BCUT2D eigenvalue weighted by molar-refractivity contribution is 5.95. The summed E-state index contributed by atoms with van der Waals surface area (Å²) in [6.45, 7) is -2.86. The summed E-state index contributed by atoms with van der Waals surface area (Å²) >= 11 is 0. The van der Waals surface area contributed by atoms with E-state index in [1.54, 1.807) is 0 Å². The lowest BCUT2D eigenvalue weighted by molar-refractivity contribution is -0.115. The molecule has 1 amide bonds. The van der Waals surface area contributed by atoms with Crippen molar-refractivity contribution in [2.24, 2.45) is 0 Å². The van der Waals surface area contributed by atoms with Crippen molar-refractivity contribution >= 4 is 22.5 Å². The molecule has 0 aliphatic heterocycles. The topological polar surface area (TPSA) is 54.1 Å². The largest absolute Gasteiger partial charge is 0.435 e. The van der Waals surface area contributed by atoms with Gasteiger partial charge in [-0.15, -0.1) is 0 Å². The highest BCUT2D eigenvalue weighted by Gasteiger charge is 2.09. The predicted molar refractivity (Wildman–Crippen MR) is 83.7 cm³/mol. The van der Waals surface area contributed by atoms with Crippen LogP contribution in [-0.4, -0.2) is 17.5 Å². The molecule has 3 rings (SSSR count). The molecule has 0 fully saturated rings. The maximum absolute atomic E-state index is 12.1. The Morgan fingerprint density at radius 2 is 1.87 bits per heavy atom. The molecule has 118 valence electrons. The van der Waals surface area contributed by atoms with Crippen LogP contribution in [0.4, 0.5) is 14.5 Å². The zero-order valence-corrected chi connectivity index (χ0v) is 12.1. The third kappa shape index (κ3) is 3.66. The van der Waals surface area contributed by atoms with Crippen LogP contribution in [0.5, 0.6) is 5.75 Å². The van der Waals surface area contributed by atoms with Crippen LogP contribution in [0.15, 0.2) is 54.7 Å². The minimum Gasteiger partial charge on any atom is -0.435 e. The molecule has 2 aromatic carbocycles. The lowest BCUT2D eigenvalue weighted by Gasteiger charge is -2.07. The van der Waals surface area contributed by atoms with Gasteiger partial charge in [-0.3, -0.25) is 4.79 Å². The van der Waals surface area contributed by atoms with Crippen LogP contribution in [0.2, 0.25) is 0 Å². The maximum Gasteiger partial charge on any atom is 0.387 e. The number of hydrogen-bond donors (Lipinski definition) is 2. The Labute approximate surface area is 131 Å². The SMILES string of the molecule is O=C(Cc1c[nH]c2ccccc12)Nc1ccc(OC(F)F)cc1. The number of benzene rings is 2. The molecule has 0 aliphatic rings. The number of carbonyl (C=O) groups excluding carboxylic acids is 1. The van der Waals surface area contributed by atoms with Crippen molar-refractivity contribution in [1.29, 1.82) is 0 Å². The quantitative estimate of drug-likeness (QED) is 0.749.